The molecular formula is C21H25N7O. The third-order valence-corrected chi connectivity index (χ3v) is 5.90. The number of aromatic nitrogens is 5. The molecule has 8 heteroatoms. The molecule has 5 rings (SSSR count). The second-order valence-corrected chi connectivity index (χ2v) is 7.77. The van der Waals surface area contributed by atoms with Gasteiger partial charge in [-0.25, -0.2) is 0 Å². The first-order valence-corrected chi connectivity index (χ1v) is 10.3. The van der Waals surface area contributed by atoms with E-state index in [1.165, 1.54) is 0 Å². The Hall–Kier alpha value is -3.00. The van der Waals surface area contributed by atoms with Crippen molar-refractivity contribution in [3.8, 4) is 0 Å². The molecule has 4 heterocycles. The largest absolute Gasteiger partial charge is 0.339 e. The molecule has 0 aliphatic carbocycles. The SMILES string of the molecule is O=C(c1ccc(Cn2cccn2)cc1)N1CCC(c2nnc3n2CCNC3)CC1. The number of fused-ring (bicyclic) bond motifs is 1. The van der Waals surface area contributed by atoms with Crippen molar-refractivity contribution in [1.29, 1.82) is 0 Å². The number of hydrogen-bond acceptors (Lipinski definition) is 5. The standard InChI is InChI=1S/C21H25N7O/c29-21(18-4-2-16(3-5-18)15-27-10-1-8-23-27)26-11-6-17(7-12-26)20-25-24-19-14-22-9-13-28(19)20/h1-5,8,10,17,22H,6-7,9,11-15H2. The zero-order valence-corrected chi connectivity index (χ0v) is 16.4. The second kappa shape index (κ2) is 7.79. The van der Waals surface area contributed by atoms with E-state index in [4.69, 9.17) is 0 Å². The Morgan fingerprint density at radius 3 is 2.69 bits per heavy atom. The van der Waals surface area contributed by atoms with Crippen LogP contribution in [0.2, 0.25) is 0 Å². The van der Waals surface area contributed by atoms with Crippen molar-refractivity contribution in [3.63, 3.8) is 0 Å². The Bertz CT molecular complexity index is 969. The van der Waals surface area contributed by atoms with E-state index in [0.717, 1.165) is 68.3 Å². The van der Waals surface area contributed by atoms with E-state index in [9.17, 15) is 4.79 Å². The van der Waals surface area contributed by atoms with E-state index >= 15 is 0 Å². The van der Waals surface area contributed by atoms with Gasteiger partial charge in [0, 0.05) is 50.1 Å². The van der Waals surface area contributed by atoms with Crippen LogP contribution in [-0.2, 0) is 19.6 Å². The van der Waals surface area contributed by atoms with E-state index in [-0.39, 0.29) is 5.91 Å². The molecule has 0 atom stereocenters. The number of likely N-dealkylation sites (tertiary alicyclic amines) is 1. The van der Waals surface area contributed by atoms with Crippen LogP contribution in [0.5, 0.6) is 0 Å². The monoisotopic (exact) mass is 391 g/mol. The van der Waals surface area contributed by atoms with Gasteiger partial charge in [0.25, 0.3) is 5.91 Å². The van der Waals surface area contributed by atoms with Gasteiger partial charge in [0.15, 0.2) is 0 Å². The number of carbonyl (C=O) groups is 1. The number of rotatable bonds is 4. The summed E-state index contributed by atoms with van der Waals surface area (Å²) in [4.78, 5) is 14.9. The predicted octanol–water partition coefficient (Wildman–Crippen LogP) is 1.65. The lowest BCUT2D eigenvalue weighted by Gasteiger charge is -2.32. The van der Waals surface area contributed by atoms with Crippen molar-refractivity contribution in [3.05, 3.63) is 65.5 Å². The quantitative estimate of drug-likeness (QED) is 0.731. The molecule has 29 heavy (non-hydrogen) atoms. The lowest BCUT2D eigenvalue weighted by Crippen LogP contribution is -2.38. The summed E-state index contributed by atoms with van der Waals surface area (Å²) >= 11 is 0. The molecule has 0 saturated carbocycles. The van der Waals surface area contributed by atoms with Gasteiger partial charge in [-0.2, -0.15) is 5.10 Å². The first kappa shape index (κ1) is 18.1. The van der Waals surface area contributed by atoms with Gasteiger partial charge in [-0.1, -0.05) is 12.1 Å². The maximum atomic E-state index is 12.9. The molecular weight excluding hydrogens is 366 g/mol. The number of benzene rings is 1. The van der Waals surface area contributed by atoms with E-state index in [1.54, 1.807) is 6.20 Å². The number of nitrogens with one attached hydrogen (secondary N) is 1. The highest BCUT2D eigenvalue weighted by Crippen LogP contribution is 2.28. The fraction of sp³-hybridized carbons (Fsp3) is 0.429. The molecule has 1 N–H and O–H groups in total. The Morgan fingerprint density at radius 2 is 1.93 bits per heavy atom. The van der Waals surface area contributed by atoms with Crippen LogP contribution in [0.15, 0.2) is 42.7 Å². The highest BCUT2D eigenvalue weighted by atomic mass is 16.2. The average molecular weight is 391 g/mol. The first-order valence-electron chi connectivity index (χ1n) is 10.3. The van der Waals surface area contributed by atoms with Gasteiger partial charge in [-0.05, 0) is 36.6 Å². The lowest BCUT2D eigenvalue weighted by atomic mass is 9.95. The highest BCUT2D eigenvalue weighted by Gasteiger charge is 2.29. The van der Waals surface area contributed by atoms with Crippen molar-refractivity contribution in [1.82, 2.24) is 34.8 Å². The van der Waals surface area contributed by atoms with E-state index in [2.05, 4.69) is 25.2 Å². The Morgan fingerprint density at radius 1 is 1.10 bits per heavy atom. The van der Waals surface area contributed by atoms with Gasteiger partial charge in [0.05, 0.1) is 13.1 Å². The Labute approximate surface area is 169 Å². The molecule has 1 aromatic carbocycles. The summed E-state index contributed by atoms with van der Waals surface area (Å²) < 4.78 is 4.14. The van der Waals surface area contributed by atoms with Crippen molar-refractivity contribution in [2.75, 3.05) is 19.6 Å². The number of piperidine rings is 1. The molecule has 150 valence electrons. The predicted molar refractivity (Wildman–Crippen MR) is 107 cm³/mol. The highest BCUT2D eigenvalue weighted by molar-refractivity contribution is 5.94. The maximum Gasteiger partial charge on any atom is 0.253 e. The smallest absolute Gasteiger partial charge is 0.253 e. The minimum absolute atomic E-state index is 0.113. The fourth-order valence-electron chi connectivity index (χ4n) is 4.27. The summed E-state index contributed by atoms with van der Waals surface area (Å²) in [5, 5.41) is 16.3. The molecule has 1 fully saturated rings. The average Bonchev–Trinajstić information content (AvgIpc) is 3.44. The summed E-state index contributed by atoms with van der Waals surface area (Å²) in [6, 6.07) is 9.79. The Kier molecular flexibility index (Phi) is 4.85. The summed E-state index contributed by atoms with van der Waals surface area (Å²) in [6.07, 6.45) is 5.59. The van der Waals surface area contributed by atoms with Crippen LogP contribution in [-0.4, -0.2) is 55.0 Å². The van der Waals surface area contributed by atoms with Crippen LogP contribution in [0.4, 0.5) is 0 Å². The molecule has 2 aliphatic rings. The van der Waals surface area contributed by atoms with E-state index in [0.29, 0.717) is 12.5 Å². The maximum absolute atomic E-state index is 12.9. The third-order valence-electron chi connectivity index (χ3n) is 5.90. The summed E-state index contributed by atoms with van der Waals surface area (Å²) in [7, 11) is 0. The fourth-order valence-corrected chi connectivity index (χ4v) is 4.27. The topological polar surface area (TPSA) is 80.9 Å². The lowest BCUT2D eigenvalue weighted by molar-refractivity contribution is 0.0710. The van der Waals surface area contributed by atoms with Crippen molar-refractivity contribution in [2.45, 2.75) is 38.4 Å². The molecule has 1 amide bonds. The molecule has 2 aromatic heterocycles. The minimum Gasteiger partial charge on any atom is -0.339 e. The third kappa shape index (κ3) is 3.67. The van der Waals surface area contributed by atoms with Crippen LogP contribution in [0.3, 0.4) is 0 Å². The molecule has 0 unspecified atom stereocenters. The zero-order valence-electron chi connectivity index (χ0n) is 16.4. The van der Waals surface area contributed by atoms with E-state index < -0.39 is 0 Å². The van der Waals surface area contributed by atoms with Gasteiger partial charge in [-0.3, -0.25) is 9.48 Å². The van der Waals surface area contributed by atoms with Gasteiger partial charge in [0.1, 0.15) is 11.6 Å². The number of amides is 1. The van der Waals surface area contributed by atoms with Crippen molar-refractivity contribution >= 4 is 5.91 Å². The summed E-state index contributed by atoms with van der Waals surface area (Å²) in [5.41, 5.74) is 1.88. The van der Waals surface area contributed by atoms with Crippen LogP contribution < -0.4 is 5.32 Å². The summed E-state index contributed by atoms with van der Waals surface area (Å²) in [5.74, 6) is 2.62. The van der Waals surface area contributed by atoms with Crippen LogP contribution in [0.1, 0.15) is 46.3 Å². The van der Waals surface area contributed by atoms with Crippen LogP contribution in [0, 0.1) is 0 Å². The molecule has 2 aliphatic heterocycles. The number of carbonyl (C=O) groups excluding carboxylic acids is 1. The Balaban J connectivity index is 1.20. The second-order valence-electron chi connectivity index (χ2n) is 7.77. The summed E-state index contributed by atoms with van der Waals surface area (Å²) in [6.45, 7) is 4.93. The zero-order chi connectivity index (χ0) is 19.6. The molecule has 0 radical (unpaired) electrons. The van der Waals surface area contributed by atoms with E-state index in [1.807, 2.05) is 46.1 Å². The molecule has 0 bridgehead atoms. The van der Waals surface area contributed by atoms with Gasteiger partial charge in [-0.15, -0.1) is 10.2 Å². The van der Waals surface area contributed by atoms with Crippen LogP contribution in [0.25, 0.3) is 0 Å². The first-order chi connectivity index (χ1) is 14.3. The minimum atomic E-state index is 0.113. The molecule has 1 saturated heterocycles. The normalized spacial score (nSPS) is 17.3. The number of nitrogens with zero attached hydrogens (tertiary/aromatic N) is 6. The van der Waals surface area contributed by atoms with Crippen molar-refractivity contribution in [2.24, 2.45) is 0 Å². The van der Waals surface area contributed by atoms with Crippen LogP contribution >= 0.6 is 0 Å². The van der Waals surface area contributed by atoms with Gasteiger partial charge in [0.2, 0.25) is 0 Å². The van der Waals surface area contributed by atoms with Gasteiger partial charge < -0.3 is 14.8 Å². The molecule has 8 nitrogen and oxygen atoms in total. The van der Waals surface area contributed by atoms with Crippen molar-refractivity contribution < 1.29 is 4.79 Å². The molecule has 3 aromatic rings. The van der Waals surface area contributed by atoms with Gasteiger partial charge >= 0.3 is 0 Å². The number of hydrogen-bond donors (Lipinski definition) is 1. The molecule has 0 spiro atoms.